The Morgan fingerprint density at radius 1 is 1.15 bits per heavy atom. The number of nitrogens with zero attached hydrogens (tertiary/aromatic N) is 1. The number of aromatic nitrogens is 1. The molecule has 0 aliphatic carbocycles. The fraction of sp³-hybridized carbons (Fsp3) is 0.364. The highest BCUT2D eigenvalue weighted by atomic mass is 32.2. The van der Waals surface area contributed by atoms with Gasteiger partial charge >= 0.3 is 0 Å². The van der Waals surface area contributed by atoms with Gasteiger partial charge in [0.05, 0.1) is 30.8 Å². The lowest BCUT2D eigenvalue weighted by Gasteiger charge is -2.05. The summed E-state index contributed by atoms with van der Waals surface area (Å²) in [6, 6.07) is 3.61. The zero-order chi connectivity index (χ0) is 14.8. The van der Waals surface area contributed by atoms with Gasteiger partial charge in [-0.2, -0.15) is 0 Å². The van der Waals surface area contributed by atoms with E-state index in [0.29, 0.717) is 5.03 Å². The van der Waals surface area contributed by atoms with Crippen LogP contribution < -0.4 is 11.0 Å². The summed E-state index contributed by atoms with van der Waals surface area (Å²) in [5.74, 6) is -0.00886. The van der Waals surface area contributed by atoms with Crippen molar-refractivity contribution in [3.8, 4) is 0 Å². The lowest BCUT2D eigenvalue weighted by molar-refractivity contribution is -0.129. The molecule has 0 aliphatic heterocycles. The number of hydrogen-bond donors (Lipinski definition) is 2. The molecule has 0 aromatic carbocycles. The van der Waals surface area contributed by atoms with E-state index in [4.69, 9.17) is 0 Å². The summed E-state index contributed by atoms with van der Waals surface area (Å²) in [6.45, 7) is 0. The Balaban J connectivity index is 2.45. The van der Waals surface area contributed by atoms with Gasteiger partial charge in [0, 0.05) is 11.1 Å². The molecule has 1 aromatic heterocycles. The number of carbonyl (C=O) groups is 2. The van der Waals surface area contributed by atoms with Gasteiger partial charge in [-0.1, -0.05) is 11.8 Å². The molecule has 0 saturated carbocycles. The van der Waals surface area contributed by atoms with Crippen LogP contribution in [0.5, 0.6) is 0 Å². The Morgan fingerprint density at radius 3 is 2.35 bits per heavy atom. The highest BCUT2D eigenvalue weighted by molar-refractivity contribution is 8.00. The van der Waals surface area contributed by atoms with Gasteiger partial charge in [-0.15, -0.1) is 11.8 Å². The van der Waals surface area contributed by atoms with Crippen molar-refractivity contribution in [3.63, 3.8) is 0 Å². The normalized spacial score (nSPS) is 10.1. The minimum absolute atomic E-state index is 0.207. The first-order valence-corrected chi connectivity index (χ1v) is 7.48. The van der Waals surface area contributed by atoms with Crippen molar-refractivity contribution in [1.82, 2.24) is 15.9 Å². The largest absolute Gasteiger partial charge is 0.277 e. The number of thioether (sulfide) groups is 2. The average Bonchev–Trinajstić information content (AvgIpc) is 2.44. The molecule has 20 heavy (non-hydrogen) atoms. The molecule has 0 saturated heterocycles. The maximum absolute atomic E-state index is 11.2. The maximum Gasteiger partial charge on any atom is 0.253 e. The zero-order valence-corrected chi connectivity index (χ0v) is 12.7. The van der Waals surface area contributed by atoms with Gasteiger partial charge in [0.15, 0.2) is 0 Å². The predicted octanol–water partition coefficient (Wildman–Crippen LogP) is 0.621. The van der Waals surface area contributed by atoms with Crippen molar-refractivity contribution in [2.45, 2.75) is 9.92 Å². The first kappa shape index (κ1) is 16.8. The third kappa shape index (κ3) is 6.75. The van der Waals surface area contributed by atoms with E-state index in [1.807, 2.05) is 6.07 Å². The summed E-state index contributed by atoms with van der Waals surface area (Å²) in [7, 11) is 2.76. The smallest absolute Gasteiger partial charge is 0.253 e. The summed E-state index contributed by atoms with van der Waals surface area (Å²) in [5, 5.41) is 0.702. The molecule has 2 N–H and O–H groups in total. The number of carbonyl (C=O) groups excluding carboxylic acids is 2. The first-order valence-electron chi connectivity index (χ1n) is 5.51. The van der Waals surface area contributed by atoms with Crippen LogP contribution in [0.25, 0.3) is 0 Å². The maximum atomic E-state index is 11.2. The third-order valence-corrected chi connectivity index (χ3v) is 3.78. The molecule has 0 unspecified atom stereocenters. The van der Waals surface area contributed by atoms with Crippen molar-refractivity contribution >= 4 is 35.3 Å². The first-order chi connectivity index (χ1) is 9.65. The summed E-state index contributed by atoms with van der Waals surface area (Å²) in [5.41, 5.74) is 4.46. The van der Waals surface area contributed by atoms with Crippen LogP contribution in [-0.2, 0) is 19.3 Å². The molecule has 0 spiro atoms. The highest BCUT2D eigenvalue weighted by Gasteiger charge is 2.06. The van der Waals surface area contributed by atoms with E-state index in [9.17, 15) is 9.59 Å². The third-order valence-electron chi connectivity index (χ3n) is 1.86. The van der Waals surface area contributed by atoms with E-state index in [2.05, 4.69) is 25.6 Å². The molecule has 0 radical (unpaired) electrons. The van der Waals surface area contributed by atoms with Crippen molar-refractivity contribution in [3.05, 3.63) is 18.3 Å². The second-order valence-corrected chi connectivity index (χ2v) is 5.41. The van der Waals surface area contributed by atoms with Gasteiger partial charge in [0.2, 0.25) is 0 Å². The van der Waals surface area contributed by atoms with Crippen LogP contribution in [0.2, 0.25) is 0 Å². The van der Waals surface area contributed by atoms with Crippen molar-refractivity contribution < 1.29 is 19.3 Å². The monoisotopic (exact) mass is 317 g/mol. The minimum atomic E-state index is -0.239. The molecule has 110 valence electrons. The Kier molecular flexibility index (Phi) is 8.04. The SMILES string of the molecule is CONC(=O)CSc1ccnc(SCC(=O)NOC)c1. The predicted molar refractivity (Wildman–Crippen MR) is 76.0 cm³/mol. The lowest BCUT2D eigenvalue weighted by Crippen LogP contribution is -2.23. The van der Waals surface area contributed by atoms with E-state index in [-0.39, 0.29) is 23.3 Å². The Morgan fingerprint density at radius 2 is 1.75 bits per heavy atom. The molecule has 0 atom stereocenters. The highest BCUT2D eigenvalue weighted by Crippen LogP contribution is 2.22. The quantitative estimate of drug-likeness (QED) is 0.536. The Labute approximate surface area is 125 Å². The second-order valence-electron chi connectivity index (χ2n) is 3.37. The molecule has 1 rings (SSSR count). The van der Waals surface area contributed by atoms with Crippen LogP contribution in [0.1, 0.15) is 0 Å². The standard InChI is InChI=1S/C11H15N3O4S2/c1-17-13-9(15)6-19-8-3-4-12-11(5-8)20-7-10(16)14-18-2/h3-5H,6-7H2,1-2H3,(H,13,15)(H,14,16). The van der Waals surface area contributed by atoms with E-state index in [0.717, 1.165) is 4.90 Å². The summed E-state index contributed by atoms with van der Waals surface area (Å²) in [6.07, 6.45) is 1.63. The molecular weight excluding hydrogens is 302 g/mol. The molecule has 0 fully saturated rings. The summed E-state index contributed by atoms with van der Waals surface area (Å²) < 4.78 is 0. The number of rotatable bonds is 8. The van der Waals surface area contributed by atoms with E-state index in [1.165, 1.54) is 37.7 Å². The Bertz CT molecular complexity index is 422. The van der Waals surface area contributed by atoms with Crippen LogP contribution in [0.15, 0.2) is 28.3 Å². The van der Waals surface area contributed by atoms with Crippen LogP contribution in [0.4, 0.5) is 0 Å². The molecule has 1 aromatic rings. The number of hydrogen-bond acceptors (Lipinski definition) is 7. The van der Waals surface area contributed by atoms with Crippen molar-refractivity contribution in [2.75, 3.05) is 25.7 Å². The van der Waals surface area contributed by atoms with Gasteiger partial charge in [0.25, 0.3) is 11.8 Å². The van der Waals surface area contributed by atoms with Gasteiger partial charge < -0.3 is 0 Å². The number of hydroxylamine groups is 2. The fourth-order valence-corrected chi connectivity index (χ4v) is 2.60. The number of pyridine rings is 1. The lowest BCUT2D eigenvalue weighted by atomic mass is 10.5. The van der Waals surface area contributed by atoms with Gasteiger partial charge in [-0.05, 0) is 12.1 Å². The van der Waals surface area contributed by atoms with Crippen molar-refractivity contribution in [1.29, 1.82) is 0 Å². The topological polar surface area (TPSA) is 89.5 Å². The molecule has 7 nitrogen and oxygen atoms in total. The fourth-order valence-electron chi connectivity index (χ4n) is 1.13. The van der Waals surface area contributed by atoms with Crippen LogP contribution in [0.3, 0.4) is 0 Å². The minimum Gasteiger partial charge on any atom is -0.277 e. The van der Waals surface area contributed by atoms with Crippen LogP contribution >= 0.6 is 23.5 Å². The van der Waals surface area contributed by atoms with E-state index in [1.54, 1.807) is 12.3 Å². The molecule has 2 amide bonds. The molecule has 9 heteroatoms. The van der Waals surface area contributed by atoms with Crippen molar-refractivity contribution in [2.24, 2.45) is 0 Å². The van der Waals surface area contributed by atoms with Gasteiger partial charge in [-0.25, -0.2) is 15.9 Å². The van der Waals surface area contributed by atoms with E-state index < -0.39 is 0 Å². The molecular formula is C11H15N3O4S2. The molecule has 0 bridgehead atoms. The van der Waals surface area contributed by atoms with Crippen LogP contribution in [0, 0.1) is 0 Å². The van der Waals surface area contributed by atoms with E-state index >= 15 is 0 Å². The zero-order valence-electron chi connectivity index (χ0n) is 11.0. The number of nitrogens with one attached hydrogen (secondary N) is 2. The number of amides is 2. The molecule has 1 heterocycles. The second kappa shape index (κ2) is 9.59. The average molecular weight is 317 g/mol. The van der Waals surface area contributed by atoms with Gasteiger partial charge in [-0.3, -0.25) is 19.3 Å². The Hall–Kier alpha value is -1.29. The van der Waals surface area contributed by atoms with Gasteiger partial charge in [0.1, 0.15) is 0 Å². The molecule has 0 aliphatic rings. The summed E-state index contributed by atoms with van der Waals surface area (Å²) in [4.78, 5) is 36.5. The van der Waals surface area contributed by atoms with Crippen LogP contribution in [-0.4, -0.2) is 42.5 Å². The summed E-state index contributed by atoms with van der Waals surface area (Å²) >= 11 is 2.64.